The molecular weight excluding hydrogens is 394 g/mol. The standard InChI is InChI=1S/C14H9N3O2.C6H11F2N.CH4O/c18-8-10-1-2-13(15-6-10)17-4-3-12-5-11(9-19)7-16-14(12)17;1-9-4-2-6(7,8)3-5-9;1-2/h1-9H;2-5H2,1H3;2H,1H3. The summed E-state index contributed by atoms with van der Waals surface area (Å²) in [5, 5.41) is 7.87. The monoisotopic (exact) mass is 418 g/mol. The lowest BCUT2D eigenvalue weighted by Gasteiger charge is -2.28. The molecule has 9 heteroatoms. The van der Waals surface area contributed by atoms with Crippen molar-refractivity contribution in [3.63, 3.8) is 0 Å². The molecule has 7 nitrogen and oxygen atoms in total. The summed E-state index contributed by atoms with van der Waals surface area (Å²) < 4.78 is 26.5. The molecule has 1 saturated heterocycles. The number of aldehydes is 2. The molecule has 0 aromatic carbocycles. The number of piperidine rings is 1. The number of aromatic nitrogens is 3. The molecule has 3 aromatic rings. The van der Waals surface area contributed by atoms with Gasteiger partial charge >= 0.3 is 0 Å². The molecule has 0 saturated carbocycles. The van der Waals surface area contributed by atoms with Crippen molar-refractivity contribution in [2.75, 3.05) is 27.2 Å². The summed E-state index contributed by atoms with van der Waals surface area (Å²) in [5.74, 6) is -1.71. The van der Waals surface area contributed by atoms with Gasteiger partial charge in [-0.05, 0) is 31.3 Å². The van der Waals surface area contributed by atoms with Crippen LogP contribution in [-0.4, -0.2) is 70.3 Å². The zero-order valence-electron chi connectivity index (χ0n) is 16.8. The minimum atomic E-state index is -2.38. The number of fused-ring (bicyclic) bond motifs is 1. The molecule has 1 fully saturated rings. The van der Waals surface area contributed by atoms with Crippen LogP contribution in [0.15, 0.2) is 42.9 Å². The Balaban J connectivity index is 0.000000245. The normalized spacial score (nSPS) is 15.4. The minimum absolute atomic E-state index is 0.0312. The summed E-state index contributed by atoms with van der Waals surface area (Å²) in [4.78, 5) is 31.7. The van der Waals surface area contributed by atoms with Gasteiger partial charge in [0, 0.05) is 68.1 Å². The Morgan fingerprint density at radius 1 is 1.00 bits per heavy atom. The van der Waals surface area contributed by atoms with Crippen LogP contribution in [0.25, 0.3) is 16.9 Å². The fourth-order valence-electron chi connectivity index (χ4n) is 2.85. The molecule has 1 aliphatic rings. The molecule has 4 rings (SSSR count). The molecule has 3 aromatic heterocycles. The van der Waals surface area contributed by atoms with E-state index in [1.807, 2.05) is 24.2 Å². The fraction of sp³-hybridized carbons (Fsp3) is 0.333. The average molecular weight is 418 g/mol. The molecule has 0 spiro atoms. The molecule has 0 unspecified atom stereocenters. The molecule has 4 heterocycles. The lowest BCUT2D eigenvalue weighted by atomic mass is 10.1. The highest BCUT2D eigenvalue weighted by Gasteiger charge is 2.32. The van der Waals surface area contributed by atoms with Gasteiger partial charge in [0.25, 0.3) is 5.92 Å². The number of nitrogens with zero attached hydrogens (tertiary/aromatic N) is 4. The largest absolute Gasteiger partial charge is 0.400 e. The van der Waals surface area contributed by atoms with E-state index in [1.165, 1.54) is 12.4 Å². The predicted molar refractivity (Wildman–Crippen MR) is 109 cm³/mol. The van der Waals surface area contributed by atoms with E-state index in [4.69, 9.17) is 5.11 Å². The van der Waals surface area contributed by atoms with Gasteiger partial charge in [-0.2, -0.15) is 0 Å². The van der Waals surface area contributed by atoms with E-state index < -0.39 is 5.92 Å². The zero-order valence-corrected chi connectivity index (χ0v) is 16.8. The van der Waals surface area contributed by atoms with Crippen LogP contribution in [0, 0.1) is 0 Å². The van der Waals surface area contributed by atoms with Crippen LogP contribution >= 0.6 is 0 Å². The Kier molecular flexibility index (Phi) is 8.25. The predicted octanol–water partition coefficient (Wildman–Crippen LogP) is 3.00. The van der Waals surface area contributed by atoms with Crippen molar-refractivity contribution in [2.45, 2.75) is 18.8 Å². The van der Waals surface area contributed by atoms with Crippen molar-refractivity contribution >= 4 is 23.6 Å². The lowest BCUT2D eigenvalue weighted by Crippen LogP contribution is -2.36. The number of hydrogen-bond acceptors (Lipinski definition) is 6. The van der Waals surface area contributed by atoms with E-state index >= 15 is 0 Å². The third-order valence-electron chi connectivity index (χ3n) is 4.56. The van der Waals surface area contributed by atoms with Crippen LogP contribution in [0.5, 0.6) is 0 Å². The molecule has 0 amide bonds. The van der Waals surface area contributed by atoms with Crippen LogP contribution < -0.4 is 0 Å². The van der Waals surface area contributed by atoms with Crippen LogP contribution in [0.1, 0.15) is 33.6 Å². The molecule has 30 heavy (non-hydrogen) atoms. The number of alkyl halides is 2. The van der Waals surface area contributed by atoms with Crippen molar-refractivity contribution in [2.24, 2.45) is 0 Å². The highest BCUT2D eigenvalue weighted by atomic mass is 19.3. The van der Waals surface area contributed by atoms with Crippen LogP contribution in [0.4, 0.5) is 8.78 Å². The lowest BCUT2D eigenvalue weighted by molar-refractivity contribution is -0.0504. The number of halogens is 2. The number of aliphatic hydroxyl groups excluding tert-OH is 1. The molecule has 160 valence electrons. The number of likely N-dealkylation sites (tertiary alicyclic amines) is 1. The molecule has 0 atom stereocenters. The second kappa shape index (κ2) is 10.7. The van der Waals surface area contributed by atoms with Gasteiger partial charge in [-0.3, -0.25) is 14.2 Å². The smallest absolute Gasteiger partial charge is 0.250 e. The highest BCUT2D eigenvalue weighted by Crippen LogP contribution is 2.26. The molecule has 0 aliphatic carbocycles. The average Bonchev–Trinajstić information content (AvgIpc) is 3.21. The summed E-state index contributed by atoms with van der Waals surface area (Å²) >= 11 is 0. The second-order valence-electron chi connectivity index (χ2n) is 6.71. The Labute approximate surface area is 173 Å². The van der Waals surface area contributed by atoms with Crippen LogP contribution in [0.3, 0.4) is 0 Å². The first-order valence-electron chi connectivity index (χ1n) is 9.27. The van der Waals surface area contributed by atoms with E-state index in [2.05, 4.69) is 9.97 Å². The van der Waals surface area contributed by atoms with Gasteiger partial charge in [0.2, 0.25) is 0 Å². The zero-order chi connectivity index (χ0) is 22.1. The summed E-state index contributed by atoms with van der Waals surface area (Å²) in [7, 11) is 2.87. The summed E-state index contributed by atoms with van der Waals surface area (Å²) in [5.41, 5.74) is 1.78. The SMILES string of the molecule is CN1CCC(F)(F)CC1.CO.O=Cc1ccc(-n2ccc3cc(C=O)cnc32)nc1. The van der Waals surface area contributed by atoms with Gasteiger partial charge in [0.05, 0.1) is 0 Å². The minimum Gasteiger partial charge on any atom is -0.400 e. The van der Waals surface area contributed by atoms with E-state index in [0.29, 0.717) is 30.0 Å². The number of aliphatic hydroxyl groups is 1. The van der Waals surface area contributed by atoms with Gasteiger partial charge in [-0.1, -0.05) is 0 Å². The third-order valence-corrected chi connectivity index (χ3v) is 4.56. The Bertz CT molecular complexity index is 964. The van der Waals surface area contributed by atoms with Gasteiger partial charge < -0.3 is 10.0 Å². The Hall–Kier alpha value is -3.04. The van der Waals surface area contributed by atoms with Crippen molar-refractivity contribution in [1.29, 1.82) is 0 Å². The highest BCUT2D eigenvalue weighted by molar-refractivity contribution is 5.85. The fourth-order valence-corrected chi connectivity index (χ4v) is 2.85. The van der Waals surface area contributed by atoms with Gasteiger partial charge in [0.1, 0.15) is 11.5 Å². The molecule has 0 bridgehead atoms. The maximum atomic E-state index is 12.4. The topological polar surface area (TPSA) is 88.3 Å². The van der Waals surface area contributed by atoms with E-state index in [9.17, 15) is 18.4 Å². The number of rotatable bonds is 3. The van der Waals surface area contributed by atoms with E-state index in [-0.39, 0.29) is 12.8 Å². The number of hydrogen-bond donors (Lipinski definition) is 1. The summed E-state index contributed by atoms with van der Waals surface area (Å²) in [6.07, 6.45) is 6.43. The summed E-state index contributed by atoms with van der Waals surface area (Å²) in [6, 6.07) is 7.08. The number of carbonyl (C=O) groups excluding carboxylic acids is 2. The molecular formula is C21H24F2N4O3. The second-order valence-corrected chi connectivity index (χ2v) is 6.71. The van der Waals surface area contributed by atoms with Crippen LogP contribution in [-0.2, 0) is 0 Å². The van der Waals surface area contributed by atoms with Gasteiger partial charge in [-0.15, -0.1) is 0 Å². The molecule has 1 aliphatic heterocycles. The van der Waals surface area contributed by atoms with E-state index in [1.54, 1.807) is 22.8 Å². The first kappa shape index (κ1) is 23.2. The van der Waals surface area contributed by atoms with Crippen molar-refractivity contribution in [3.05, 3.63) is 54.0 Å². The molecule has 1 N–H and O–H groups in total. The maximum absolute atomic E-state index is 12.4. The Morgan fingerprint density at radius 3 is 2.17 bits per heavy atom. The quantitative estimate of drug-likeness (QED) is 0.658. The number of carbonyl (C=O) groups is 2. The van der Waals surface area contributed by atoms with Crippen molar-refractivity contribution in [3.8, 4) is 5.82 Å². The van der Waals surface area contributed by atoms with E-state index in [0.717, 1.165) is 30.7 Å². The van der Waals surface area contributed by atoms with Gasteiger partial charge in [0.15, 0.2) is 12.6 Å². The first-order valence-corrected chi connectivity index (χ1v) is 9.27. The van der Waals surface area contributed by atoms with Crippen molar-refractivity contribution in [1.82, 2.24) is 19.4 Å². The van der Waals surface area contributed by atoms with Gasteiger partial charge in [-0.25, -0.2) is 18.7 Å². The van der Waals surface area contributed by atoms with Crippen molar-refractivity contribution < 1.29 is 23.5 Å². The third kappa shape index (κ3) is 5.98. The maximum Gasteiger partial charge on any atom is 0.250 e. The van der Waals surface area contributed by atoms with Crippen LogP contribution in [0.2, 0.25) is 0 Å². The number of pyridine rings is 2. The molecule has 0 radical (unpaired) electrons. The Morgan fingerprint density at radius 2 is 1.63 bits per heavy atom. The first-order chi connectivity index (χ1) is 14.4. The summed E-state index contributed by atoms with van der Waals surface area (Å²) in [6.45, 7) is 1.07.